The van der Waals surface area contributed by atoms with Gasteiger partial charge in [0.05, 0.1) is 0 Å². The van der Waals surface area contributed by atoms with Crippen molar-refractivity contribution in [1.29, 1.82) is 0 Å². The second-order valence-electron chi connectivity index (χ2n) is 3.42. The Balaban J connectivity index is 5.26. The molecule has 7 nitrogen and oxygen atoms in total. The van der Waals surface area contributed by atoms with Crippen LogP contribution in [-0.4, -0.2) is 65.4 Å². The molecule has 0 aromatic rings. The molecule has 0 saturated heterocycles. The van der Waals surface area contributed by atoms with E-state index in [1.165, 1.54) is 14.1 Å². The van der Waals surface area contributed by atoms with Crippen LogP contribution in [0.25, 0.3) is 0 Å². The lowest BCUT2D eigenvalue weighted by atomic mass is 9.90. The molecule has 0 spiro atoms. The lowest BCUT2D eigenvalue weighted by Crippen LogP contribution is -2.79. The molecule has 0 aliphatic rings. The molecule has 0 bridgehead atoms. The standard InChI is InChI=1S/C8H21N3O4/c1-5(9-2)7(10-3,11-4)8(14,15)6(12)13/h5-6,9-15H,1-4H3. The van der Waals surface area contributed by atoms with Gasteiger partial charge in [0.25, 0.3) is 0 Å². The Kier molecular flexibility index (Phi) is 5.07. The first-order valence-electron chi connectivity index (χ1n) is 4.66. The highest BCUT2D eigenvalue weighted by molar-refractivity contribution is 5.03. The quantitative estimate of drug-likeness (QED) is 0.236. The van der Waals surface area contributed by atoms with E-state index in [9.17, 15) is 10.2 Å². The molecule has 0 aliphatic heterocycles. The summed E-state index contributed by atoms with van der Waals surface area (Å²) in [6.07, 6.45) is -2.30. The molecule has 0 saturated carbocycles. The van der Waals surface area contributed by atoms with Crippen LogP contribution in [0.15, 0.2) is 0 Å². The summed E-state index contributed by atoms with van der Waals surface area (Å²) in [6.45, 7) is 1.66. The van der Waals surface area contributed by atoms with Crippen LogP contribution in [0, 0.1) is 0 Å². The number of nitrogens with one attached hydrogen (secondary N) is 3. The largest absolute Gasteiger partial charge is 0.364 e. The van der Waals surface area contributed by atoms with Gasteiger partial charge in [-0.2, -0.15) is 0 Å². The maximum absolute atomic E-state index is 9.69. The molecule has 7 heteroatoms. The summed E-state index contributed by atoms with van der Waals surface area (Å²) in [5.41, 5.74) is -1.49. The third kappa shape index (κ3) is 2.28. The topological polar surface area (TPSA) is 117 Å². The maximum atomic E-state index is 9.69. The second-order valence-corrected chi connectivity index (χ2v) is 3.42. The van der Waals surface area contributed by atoms with Crippen LogP contribution in [0.1, 0.15) is 6.92 Å². The summed E-state index contributed by atoms with van der Waals surface area (Å²) in [5, 5.41) is 45.4. The Bertz CT molecular complexity index is 194. The Hall–Kier alpha value is -0.280. The molecule has 1 atom stereocenters. The fourth-order valence-corrected chi connectivity index (χ4v) is 1.66. The number of hydrogen-bond acceptors (Lipinski definition) is 7. The van der Waals surface area contributed by atoms with E-state index in [2.05, 4.69) is 16.0 Å². The molecule has 15 heavy (non-hydrogen) atoms. The molecule has 0 fully saturated rings. The third-order valence-electron chi connectivity index (χ3n) is 2.81. The van der Waals surface area contributed by atoms with Crippen LogP contribution in [-0.2, 0) is 0 Å². The van der Waals surface area contributed by atoms with Crippen LogP contribution >= 0.6 is 0 Å². The fourth-order valence-electron chi connectivity index (χ4n) is 1.66. The summed E-state index contributed by atoms with van der Waals surface area (Å²) < 4.78 is 0. The van der Waals surface area contributed by atoms with Crippen LogP contribution in [0.2, 0.25) is 0 Å². The normalized spacial score (nSPS) is 15.8. The smallest absolute Gasteiger partial charge is 0.249 e. The van der Waals surface area contributed by atoms with Crippen molar-refractivity contribution in [3.8, 4) is 0 Å². The summed E-state index contributed by atoms with van der Waals surface area (Å²) in [4.78, 5) is 0. The minimum Gasteiger partial charge on any atom is -0.364 e. The van der Waals surface area contributed by atoms with E-state index < -0.39 is 23.8 Å². The van der Waals surface area contributed by atoms with Gasteiger partial charge >= 0.3 is 0 Å². The third-order valence-corrected chi connectivity index (χ3v) is 2.81. The summed E-state index contributed by atoms with van der Waals surface area (Å²) in [7, 11) is 4.58. The van der Waals surface area contributed by atoms with Gasteiger partial charge in [0.2, 0.25) is 12.1 Å². The Morgan fingerprint density at radius 1 is 1.00 bits per heavy atom. The highest BCUT2D eigenvalue weighted by Gasteiger charge is 2.55. The molecule has 0 heterocycles. The van der Waals surface area contributed by atoms with E-state index in [0.717, 1.165) is 0 Å². The van der Waals surface area contributed by atoms with E-state index in [4.69, 9.17) is 10.2 Å². The van der Waals surface area contributed by atoms with Crippen LogP contribution in [0.5, 0.6) is 0 Å². The van der Waals surface area contributed by atoms with Gasteiger partial charge in [0.15, 0.2) is 0 Å². The van der Waals surface area contributed by atoms with Crippen molar-refractivity contribution in [2.75, 3.05) is 21.1 Å². The van der Waals surface area contributed by atoms with E-state index >= 15 is 0 Å². The number of likely N-dealkylation sites (N-methyl/N-ethyl adjacent to an activating group) is 3. The van der Waals surface area contributed by atoms with Crippen LogP contribution in [0.3, 0.4) is 0 Å². The molecule has 0 amide bonds. The molecule has 0 aromatic heterocycles. The average Bonchev–Trinajstić information content (AvgIpc) is 2.19. The van der Waals surface area contributed by atoms with Gasteiger partial charge in [-0.25, -0.2) is 0 Å². The van der Waals surface area contributed by atoms with E-state index in [1.807, 2.05) is 0 Å². The molecule has 92 valence electrons. The number of hydrogen-bond donors (Lipinski definition) is 7. The van der Waals surface area contributed by atoms with Crippen molar-refractivity contribution in [2.45, 2.75) is 30.7 Å². The maximum Gasteiger partial charge on any atom is 0.249 e. The zero-order valence-corrected chi connectivity index (χ0v) is 9.44. The van der Waals surface area contributed by atoms with Gasteiger partial charge in [0, 0.05) is 6.04 Å². The monoisotopic (exact) mass is 223 g/mol. The number of aliphatic hydroxyl groups excluding tert-OH is 1. The molecular formula is C8H21N3O4. The predicted molar refractivity (Wildman–Crippen MR) is 54.8 cm³/mol. The zero-order chi connectivity index (χ0) is 12.3. The van der Waals surface area contributed by atoms with Gasteiger partial charge < -0.3 is 25.7 Å². The molecule has 0 rings (SSSR count). The van der Waals surface area contributed by atoms with E-state index in [0.29, 0.717) is 0 Å². The van der Waals surface area contributed by atoms with Gasteiger partial charge in [0.1, 0.15) is 5.66 Å². The number of aliphatic hydroxyl groups is 4. The van der Waals surface area contributed by atoms with Gasteiger partial charge in [-0.15, -0.1) is 0 Å². The Morgan fingerprint density at radius 2 is 1.40 bits per heavy atom. The van der Waals surface area contributed by atoms with Crippen molar-refractivity contribution in [3.05, 3.63) is 0 Å². The van der Waals surface area contributed by atoms with Crippen molar-refractivity contribution in [3.63, 3.8) is 0 Å². The molecule has 0 aromatic carbocycles. The minimum atomic E-state index is -2.74. The lowest BCUT2D eigenvalue weighted by molar-refractivity contribution is -0.332. The summed E-state index contributed by atoms with van der Waals surface area (Å²) >= 11 is 0. The lowest BCUT2D eigenvalue weighted by Gasteiger charge is -2.47. The van der Waals surface area contributed by atoms with Gasteiger partial charge in [-0.3, -0.25) is 10.6 Å². The second kappa shape index (κ2) is 5.17. The first kappa shape index (κ1) is 14.7. The highest BCUT2D eigenvalue weighted by atomic mass is 16.6. The fraction of sp³-hybridized carbons (Fsp3) is 1.00. The van der Waals surface area contributed by atoms with Crippen molar-refractivity contribution in [2.24, 2.45) is 0 Å². The van der Waals surface area contributed by atoms with Crippen LogP contribution in [0.4, 0.5) is 0 Å². The van der Waals surface area contributed by atoms with Crippen LogP contribution < -0.4 is 16.0 Å². The Morgan fingerprint density at radius 3 is 1.60 bits per heavy atom. The SMILES string of the molecule is CNC(C)C(NC)(NC)C(O)(O)C(O)O. The average molecular weight is 223 g/mol. The minimum absolute atomic E-state index is 0.468. The van der Waals surface area contributed by atoms with Crippen molar-refractivity contribution in [1.82, 2.24) is 16.0 Å². The predicted octanol–water partition coefficient (Wildman–Crippen LogP) is -3.28. The molecule has 0 radical (unpaired) electrons. The first-order valence-corrected chi connectivity index (χ1v) is 4.66. The van der Waals surface area contributed by atoms with E-state index in [1.54, 1.807) is 14.0 Å². The van der Waals surface area contributed by atoms with Gasteiger partial charge in [-0.05, 0) is 28.1 Å². The molecule has 0 aliphatic carbocycles. The van der Waals surface area contributed by atoms with Crippen molar-refractivity contribution < 1.29 is 20.4 Å². The van der Waals surface area contributed by atoms with Crippen molar-refractivity contribution >= 4 is 0 Å². The first-order chi connectivity index (χ1) is 6.80. The van der Waals surface area contributed by atoms with Gasteiger partial charge in [-0.1, -0.05) is 0 Å². The Labute approximate surface area is 89.1 Å². The van der Waals surface area contributed by atoms with E-state index in [-0.39, 0.29) is 0 Å². The molecular weight excluding hydrogens is 202 g/mol. The zero-order valence-electron chi connectivity index (χ0n) is 9.44. The molecule has 7 N–H and O–H groups in total. The summed E-state index contributed by atoms with van der Waals surface area (Å²) in [6, 6.07) is -0.468. The number of rotatable bonds is 6. The summed E-state index contributed by atoms with van der Waals surface area (Å²) in [5.74, 6) is -2.74. The highest BCUT2D eigenvalue weighted by Crippen LogP contribution is 2.23. The molecule has 1 unspecified atom stereocenters.